The van der Waals surface area contributed by atoms with Crippen LogP contribution in [-0.4, -0.2) is 10.8 Å². The highest BCUT2D eigenvalue weighted by atomic mass is 16.1. The van der Waals surface area contributed by atoms with Gasteiger partial charge in [-0.2, -0.15) is 0 Å². The molecular weight excluding hydrogens is 186 g/mol. The van der Waals surface area contributed by atoms with Crippen LogP contribution in [-0.2, 0) is 0 Å². The molecule has 80 valence electrons. The molecule has 0 atom stereocenters. The molecule has 0 unspecified atom stereocenters. The molecule has 2 heteroatoms. The number of hydrogen-bond acceptors (Lipinski definition) is 1. The van der Waals surface area contributed by atoms with Gasteiger partial charge in [0.15, 0.2) is 5.78 Å². The number of carbonyl (C=O) groups is 1. The van der Waals surface area contributed by atoms with E-state index in [0.29, 0.717) is 12.1 Å². The van der Waals surface area contributed by atoms with Crippen LogP contribution in [0.25, 0.3) is 0 Å². The van der Waals surface area contributed by atoms with Crippen molar-refractivity contribution in [3.63, 3.8) is 0 Å². The zero-order chi connectivity index (χ0) is 10.7. The molecular formula is C13H17NO. The van der Waals surface area contributed by atoms with E-state index < -0.39 is 0 Å². The van der Waals surface area contributed by atoms with Crippen molar-refractivity contribution in [3.8, 4) is 0 Å². The van der Waals surface area contributed by atoms with Crippen molar-refractivity contribution in [2.45, 2.75) is 26.2 Å². The van der Waals surface area contributed by atoms with Crippen molar-refractivity contribution in [3.05, 3.63) is 47.3 Å². The quantitative estimate of drug-likeness (QED) is 0.750. The van der Waals surface area contributed by atoms with Crippen molar-refractivity contribution in [2.75, 3.05) is 0 Å². The predicted molar refractivity (Wildman–Crippen MR) is 63.0 cm³/mol. The summed E-state index contributed by atoms with van der Waals surface area (Å²) in [6.45, 7) is 1.95. The van der Waals surface area contributed by atoms with Gasteiger partial charge in [-0.3, -0.25) is 4.79 Å². The molecule has 1 heterocycles. The minimum Gasteiger partial charge on any atom is -0.356 e. The fourth-order valence-electron chi connectivity index (χ4n) is 1.75. The third-order valence-corrected chi connectivity index (χ3v) is 2.57. The summed E-state index contributed by atoms with van der Waals surface area (Å²) in [5.41, 5.74) is 2.89. The number of Topliss-reactive ketones (excluding diaryl/α,β-unsaturated/α-hetero) is 1. The Kier molecular flexibility index (Phi) is 2.86. The van der Waals surface area contributed by atoms with Crippen LogP contribution in [0, 0.1) is 6.92 Å². The molecule has 1 aliphatic rings. The summed E-state index contributed by atoms with van der Waals surface area (Å²) >= 11 is 0. The maximum Gasteiger partial charge on any atom is 0.183 e. The Bertz CT molecular complexity index is 429. The third-order valence-electron chi connectivity index (χ3n) is 2.57. The van der Waals surface area contributed by atoms with Crippen LogP contribution in [0.15, 0.2) is 35.9 Å². The van der Waals surface area contributed by atoms with Crippen molar-refractivity contribution < 1.29 is 6.22 Å². The van der Waals surface area contributed by atoms with Gasteiger partial charge in [0.1, 0.15) is 0 Å². The summed E-state index contributed by atoms with van der Waals surface area (Å²) in [4.78, 5) is 14.9. The molecule has 2 rings (SSSR count). The Balaban J connectivity index is 0.00000128. The Morgan fingerprint density at radius 2 is 2.33 bits per heavy atom. The number of aryl methyl sites for hydroxylation is 1. The number of nitrogens with one attached hydrogen (secondary N) is 1. The minimum absolute atomic E-state index is 0. The largest absolute Gasteiger partial charge is 0.356 e. The molecule has 1 N–H and O–H groups in total. The zero-order valence-corrected chi connectivity index (χ0v) is 8.92. The number of H-pyrrole nitrogens is 1. The molecule has 0 aromatic carbocycles. The minimum atomic E-state index is 0. The number of rotatable bonds is 3. The van der Waals surface area contributed by atoms with Crippen LogP contribution in [0.5, 0.6) is 0 Å². The van der Waals surface area contributed by atoms with Crippen LogP contribution >= 0.6 is 0 Å². The van der Waals surface area contributed by atoms with Gasteiger partial charge in [-0.25, -0.2) is 0 Å². The number of carbonyl (C=O) groups excluding carboxylic acids is 1. The van der Waals surface area contributed by atoms with E-state index in [-0.39, 0.29) is 7.21 Å². The molecule has 1 aliphatic carbocycles. The second kappa shape index (κ2) is 4.30. The topological polar surface area (TPSA) is 32.9 Å². The van der Waals surface area contributed by atoms with Gasteiger partial charge in [0.25, 0.3) is 0 Å². The number of allylic oxidation sites excluding steroid dienone is 4. The smallest absolute Gasteiger partial charge is 0.183 e. The van der Waals surface area contributed by atoms with E-state index in [0.717, 1.165) is 24.1 Å². The van der Waals surface area contributed by atoms with Crippen molar-refractivity contribution >= 4 is 5.78 Å². The maximum absolute atomic E-state index is 11.8. The Labute approximate surface area is 91.2 Å². The van der Waals surface area contributed by atoms with E-state index in [2.05, 4.69) is 23.2 Å². The maximum atomic E-state index is 11.8. The Morgan fingerprint density at radius 1 is 1.47 bits per heavy atom. The second-order valence-electron chi connectivity index (χ2n) is 3.91. The first-order chi connectivity index (χ1) is 7.25. The van der Waals surface area contributed by atoms with Crippen LogP contribution < -0.4 is 0 Å². The molecule has 0 fully saturated rings. The molecule has 0 spiro atoms. The van der Waals surface area contributed by atoms with Gasteiger partial charge in [0.2, 0.25) is 0 Å². The number of aromatic nitrogens is 1. The van der Waals surface area contributed by atoms with Gasteiger partial charge >= 0.3 is 0 Å². The summed E-state index contributed by atoms with van der Waals surface area (Å²) in [7, 11) is 0. The Hall–Kier alpha value is -1.57. The lowest BCUT2D eigenvalue weighted by Gasteiger charge is -2.04. The molecule has 0 amide bonds. The van der Waals surface area contributed by atoms with Gasteiger partial charge in [-0.15, -0.1) is 0 Å². The average Bonchev–Trinajstić information content (AvgIpc) is 2.66. The first-order valence-corrected chi connectivity index (χ1v) is 5.30. The molecule has 0 radical (unpaired) electrons. The summed E-state index contributed by atoms with van der Waals surface area (Å²) in [6, 6.07) is 3.78. The second-order valence-corrected chi connectivity index (χ2v) is 3.91. The third kappa shape index (κ3) is 2.46. The summed E-state index contributed by atoms with van der Waals surface area (Å²) in [5, 5.41) is 0. The highest BCUT2D eigenvalue weighted by molar-refractivity contribution is 5.96. The van der Waals surface area contributed by atoms with Crippen LogP contribution in [0.2, 0.25) is 0 Å². The van der Waals surface area contributed by atoms with Gasteiger partial charge < -0.3 is 4.98 Å². The van der Waals surface area contributed by atoms with Crippen molar-refractivity contribution in [2.24, 2.45) is 0 Å². The van der Waals surface area contributed by atoms with E-state index in [1.165, 1.54) is 0 Å². The highest BCUT2D eigenvalue weighted by Gasteiger charge is 2.09. The highest BCUT2D eigenvalue weighted by Crippen LogP contribution is 2.15. The normalized spacial score (nSPS) is 15.1. The summed E-state index contributed by atoms with van der Waals surface area (Å²) < 4.78 is 0. The van der Waals surface area contributed by atoms with E-state index in [1.807, 2.05) is 19.1 Å². The Morgan fingerprint density at radius 3 is 2.93 bits per heavy atom. The lowest BCUT2D eigenvalue weighted by Crippen LogP contribution is -2.01. The van der Waals surface area contributed by atoms with E-state index >= 15 is 0 Å². The van der Waals surface area contributed by atoms with Crippen LogP contribution in [0.4, 0.5) is 0 Å². The molecule has 0 bridgehead atoms. The van der Waals surface area contributed by atoms with Crippen molar-refractivity contribution in [1.82, 2.24) is 4.98 Å². The van der Waals surface area contributed by atoms with Gasteiger partial charge in [-0.1, -0.05) is 18.2 Å². The van der Waals surface area contributed by atoms with E-state index in [1.54, 1.807) is 0 Å². The lowest BCUT2D eigenvalue weighted by atomic mass is 10.0. The van der Waals surface area contributed by atoms with E-state index in [9.17, 15) is 4.79 Å². The SMILES string of the molecule is Cc1ccc(C(=O)CC2=CCCC=C2)[nH]1.[HH]. The van der Waals surface area contributed by atoms with Gasteiger partial charge in [0, 0.05) is 13.5 Å². The molecule has 15 heavy (non-hydrogen) atoms. The zero-order valence-electron chi connectivity index (χ0n) is 8.92. The lowest BCUT2D eigenvalue weighted by molar-refractivity contribution is 0.0989. The monoisotopic (exact) mass is 203 g/mol. The average molecular weight is 203 g/mol. The van der Waals surface area contributed by atoms with Crippen molar-refractivity contribution in [1.29, 1.82) is 0 Å². The molecule has 2 nitrogen and oxygen atoms in total. The molecule has 0 saturated carbocycles. The van der Waals surface area contributed by atoms with Gasteiger partial charge in [0.05, 0.1) is 5.69 Å². The summed E-state index contributed by atoms with van der Waals surface area (Å²) in [6.07, 6.45) is 8.99. The fraction of sp³-hybridized carbons (Fsp3) is 0.308. The molecule has 1 aromatic rings. The van der Waals surface area contributed by atoms with Gasteiger partial charge in [-0.05, 0) is 37.5 Å². The fourth-order valence-corrected chi connectivity index (χ4v) is 1.75. The summed E-state index contributed by atoms with van der Waals surface area (Å²) in [5.74, 6) is 0.168. The first kappa shape index (κ1) is 9.97. The van der Waals surface area contributed by atoms with Crippen LogP contribution in [0.1, 0.15) is 36.9 Å². The number of hydrogen-bond donors (Lipinski definition) is 1. The van der Waals surface area contributed by atoms with E-state index in [4.69, 9.17) is 0 Å². The number of aromatic amines is 1. The number of ketones is 1. The molecule has 0 saturated heterocycles. The standard InChI is InChI=1S/C13H15NO.H2/c1-10-7-8-12(14-10)13(15)9-11-5-3-2-4-6-11;/h3,5-8,14H,2,4,9H2,1H3;1H. The van der Waals surface area contributed by atoms with Crippen LogP contribution in [0.3, 0.4) is 0 Å². The predicted octanol–water partition coefficient (Wildman–Crippen LogP) is 3.42. The molecule has 1 aromatic heterocycles. The molecule has 0 aliphatic heterocycles. The first-order valence-electron chi connectivity index (χ1n) is 5.30.